The van der Waals surface area contributed by atoms with E-state index < -0.39 is 11.6 Å². The highest BCUT2D eigenvalue weighted by Crippen LogP contribution is 2.45. The van der Waals surface area contributed by atoms with Gasteiger partial charge < -0.3 is 4.74 Å². The van der Waals surface area contributed by atoms with E-state index in [0.717, 1.165) is 69.1 Å². The lowest BCUT2D eigenvalue weighted by Crippen LogP contribution is -2.25. The Morgan fingerprint density at radius 2 is 1.38 bits per heavy atom. The van der Waals surface area contributed by atoms with Gasteiger partial charge in [-0.05, 0) is 130 Å². The third kappa shape index (κ3) is 7.55. The number of halogens is 2. The van der Waals surface area contributed by atoms with Crippen LogP contribution >= 0.6 is 0 Å². The zero-order valence-electron chi connectivity index (χ0n) is 22.6. The van der Waals surface area contributed by atoms with Crippen molar-refractivity contribution >= 4 is 0 Å². The molecule has 0 aliphatic heterocycles. The number of rotatable bonds is 11. The van der Waals surface area contributed by atoms with Crippen LogP contribution in [0.5, 0.6) is 5.75 Å². The largest absolute Gasteiger partial charge is 0.491 e. The maximum Gasteiger partial charge on any atom is 0.200 e. The second-order valence-corrected chi connectivity index (χ2v) is 11.1. The molecule has 0 unspecified atom stereocenters. The Morgan fingerprint density at radius 3 is 1.97 bits per heavy atom. The van der Waals surface area contributed by atoms with Gasteiger partial charge in [0.15, 0.2) is 11.6 Å². The van der Waals surface area contributed by atoms with E-state index in [1.54, 1.807) is 19.1 Å². The fourth-order valence-electron chi connectivity index (χ4n) is 6.52. The number of ether oxygens (including phenoxy) is 1. The van der Waals surface area contributed by atoms with Crippen molar-refractivity contribution in [3.8, 4) is 5.75 Å². The van der Waals surface area contributed by atoms with E-state index in [1.807, 2.05) is 6.08 Å². The minimum absolute atomic E-state index is 0.0248. The normalized spacial score (nSPS) is 24.3. The molecule has 4 rings (SSSR count). The molecule has 200 valence electrons. The van der Waals surface area contributed by atoms with E-state index in [-0.39, 0.29) is 11.7 Å². The monoisotopic (exact) mass is 506 g/mol. The smallest absolute Gasteiger partial charge is 0.200 e. The summed E-state index contributed by atoms with van der Waals surface area (Å²) in [4.78, 5) is 0. The first-order valence-electron chi connectivity index (χ1n) is 14.5. The molecule has 0 heterocycles. The molecule has 2 saturated carbocycles. The molecule has 37 heavy (non-hydrogen) atoms. The zero-order chi connectivity index (χ0) is 26.0. The molecular formula is C34H44F2O. The Morgan fingerprint density at radius 1 is 0.784 bits per heavy atom. The lowest BCUT2D eigenvalue weighted by atomic mass is 9.68. The zero-order valence-corrected chi connectivity index (χ0v) is 22.6. The summed E-state index contributed by atoms with van der Waals surface area (Å²) >= 11 is 0. The molecule has 0 bridgehead atoms. The van der Waals surface area contributed by atoms with Crippen molar-refractivity contribution in [2.75, 3.05) is 6.61 Å². The molecule has 2 fully saturated rings. The number of allylic oxidation sites excluding steroid dienone is 3. The van der Waals surface area contributed by atoms with Gasteiger partial charge in [0.2, 0.25) is 5.82 Å². The summed E-state index contributed by atoms with van der Waals surface area (Å²) in [6, 6.07) is 12.4. The molecule has 3 heteroatoms. The van der Waals surface area contributed by atoms with Crippen molar-refractivity contribution in [3.05, 3.63) is 89.5 Å². The molecular weight excluding hydrogens is 462 g/mol. The molecule has 2 aromatic rings. The van der Waals surface area contributed by atoms with Gasteiger partial charge in [-0.3, -0.25) is 0 Å². The van der Waals surface area contributed by atoms with Crippen molar-refractivity contribution in [1.82, 2.24) is 0 Å². The summed E-state index contributed by atoms with van der Waals surface area (Å²) in [5.74, 6) is 0.876. The van der Waals surface area contributed by atoms with Crippen LogP contribution in [-0.4, -0.2) is 6.61 Å². The van der Waals surface area contributed by atoms with Crippen molar-refractivity contribution < 1.29 is 13.5 Å². The van der Waals surface area contributed by atoms with Crippen LogP contribution in [0.4, 0.5) is 8.78 Å². The van der Waals surface area contributed by atoms with Gasteiger partial charge in [0.05, 0.1) is 6.61 Å². The van der Waals surface area contributed by atoms with Crippen LogP contribution < -0.4 is 4.74 Å². The van der Waals surface area contributed by atoms with Crippen molar-refractivity contribution in [3.63, 3.8) is 0 Å². The molecule has 1 nitrogen and oxygen atoms in total. The summed E-state index contributed by atoms with van der Waals surface area (Å²) in [6.45, 7) is 5.92. The Hall–Kier alpha value is -2.42. The second-order valence-electron chi connectivity index (χ2n) is 11.1. The van der Waals surface area contributed by atoms with Crippen molar-refractivity contribution in [2.24, 2.45) is 17.8 Å². The SMILES string of the molecule is C=CCCc1ccc(CCC=CC2CCC(C3CCC(c4ccc(OCC)c(F)c4F)CC3)CC2)cc1. The quantitative estimate of drug-likeness (QED) is 0.276. The van der Waals surface area contributed by atoms with Gasteiger partial charge in [-0.15, -0.1) is 6.58 Å². The summed E-state index contributed by atoms with van der Waals surface area (Å²) in [5.41, 5.74) is 3.35. The van der Waals surface area contributed by atoms with Crippen LogP contribution in [-0.2, 0) is 12.8 Å². The lowest BCUT2D eigenvalue weighted by molar-refractivity contribution is 0.170. The number of aryl methyl sites for hydroxylation is 2. The van der Waals surface area contributed by atoms with Crippen molar-refractivity contribution in [1.29, 1.82) is 0 Å². The minimum atomic E-state index is -0.829. The molecule has 0 amide bonds. The van der Waals surface area contributed by atoms with Gasteiger partial charge in [-0.1, -0.05) is 48.6 Å². The number of hydrogen-bond donors (Lipinski definition) is 0. The van der Waals surface area contributed by atoms with Crippen LogP contribution in [0.25, 0.3) is 0 Å². The van der Waals surface area contributed by atoms with Crippen LogP contribution in [0, 0.1) is 29.4 Å². The van der Waals surface area contributed by atoms with Crippen LogP contribution in [0.15, 0.2) is 61.2 Å². The average molecular weight is 507 g/mol. The number of benzene rings is 2. The molecule has 0 aromatic heterocycles. The fourth-order valence-corrected chi connectivity index (χ4v) is 6.52. The minimum Gasteiger partial charge on any atom is -0.491 e. The molecule has 0 radical (unpaired) electrons. The molecule has 0 atom stereocenters. The van der Waals surface area contributed by atoms with E-state index in [1.165, 1.54) is 36.8 Å². The van der Waals surface area contributed by atoms with Crippen molar-refractivity contribution in [2.45, 2.75) is 89.9 Å². The summed E-state index contributed by atoms with van der Waals surface area (Å²) < 4.78 is 34.2. The van der Waals surface area contributed by atoms with Gasteiger partial charge in [0.1, 0.15) is 0 Å². The summed E-state index contributed by atoms with van der Waals surface area (Å²) in [6.07, 6.45) is 20.6. The van der Waals surface area contributed by atoms with Gasteiger partial charge in [-0.2, -0.15) is 4.39 Å². The summed E-state index contributed by atoms with van der Waals surface area (Å²) in [5, 5.41) is 0. The average Bonchev–Trinajstić information content (AvgIpc) is 2.94. The van der Waals surface area contributed by atoms with Gasteiger partial charge in [-0.25, -0.2) is 4.39 Å². The summed E-state index contributed by atoms with van der Waals surface area (Å²) in [7, 11) is 0. The third-order valence-corrected chi connectivity index (χ3v) is 8.74. The molecule has 2 aliphatic carbocycles. The lowest BCUT2D eigenvalue weighted by Gasteiger charge is -2.37. The number of hydrogen-bond acceptors (Lipinski definition) is 1. The van der Waals surface area contributed by atoms with Crippen LogP contribution in [0.3, 0.4) is 0 Å². The molecule has 0 saturated heterocycles. The highest BCUT2D eigenvalue weighted by molar-refractivity contribution is 5.33. The third-order valence-electron chi connectivity index (χ3n) is 8.74. The van der Waals surface area contributed by atoms with Crippen LogP contribution in [0.1, 0.15) is 93.7 Å². The van der Waals surface area contributed by atoms with E-state index >= 15 is 0 Å². The first-order chi connectivity index (χ1) is 18.1. The molecule has 0 spiro atoms. The predicted octanol–water partition coefficient (Wildman–Crippen LogP) is 9.75. The fraction of sp³-hybridized carbons (Fsp3) is 0.529. The van der Waals surface area contributed by atoms with Crippen LogP contribution in [0.2, 0.25) is 0 Å². The predicted molar refractivity (Wildman–Crippen MR) is 150 cm³/mol. The van der Waals surface area contributed by atoms with E-state index in [9.17, 15) is 8.78 Å². The highest BCUT2D eigenvalue weighted by Gasteiger charge is 2.32. The topological polar surface area (TPSA) is 9.23 Å². The Labute approximate surface area is 223 Å². The van der Waals surface area contributed by atoms with Gasteiger partial charge >= 0.3 is 0 Å². The van der Waals surface area contributed by atoms with E-state index in [4.69, 9.17) is 4.74 Å². The maximum absolute atomic E-state index is 14.7. The Kier molecular flexibility index (Phi) is 10.4. The van der Waals surface area contributed by atoms with Gasteiger partial charge in [0.25, 0.3) is 0 Å². The molecule has 2 aliphatic rings. The van der Waals surface area contributed by atoms with E-state index in [2.05, 4.69) is 43.0 Å². The molecule has 2 aromatic carbocycles. The Balaban J connectivity index is 1.17. The highest BCUT2D eigenvalue weighted by atomic mass is 19.2. The first-order valence-corrected chi connectivity index (χ1v) is 14.5. The first kappa shape index (κ1) is 27.6. The second kappa shape index (κ2) is 13.9. The standard InChI is InChI=1S/C34H44F2O/c1-3-5-8-25-11-13-26(14-12-25)9-6-7-10-27-15-17-28(18-16-27)29-19-21-30(22-20-29)31-23-24-32(37-4-2)34(36)33(31)35/h3,7,10-14,23-24,27-30H,1,4-6,8-9,15-22H2,2H3. The van der Waals surface area contributed by atoms with E-state index in [0.29, 0.717) is 12.2 Å². The Bertz CT molecular complexity index is 1010. The maximum atomic E-state index is 14.7. The van der Waals surface area contributed by atoms with Gasteiger partial charge in [0, 0.05) is 0 Å². The molecule has 0 N–H and O–H groups in total.